The summed E-state index contributed by atoms with van der Waals surface area (Å²) in [4.78, 5) is 26.2. The van der Waals surface area contributed by atoms with Crippen molar-refractivity contribution >= 4 is 21.6 Å². The lowest BCUT2D eigenvalue weighted by Crippen LogP contribution is -2.27. The number of rotatable bonds is 3. The molecule has 0 saturated carbocycles. The number of hydrogen-bond acceptors (Lipinski definition) is 4. The lowest BCUT2D eigenvalue weighted by molar-refractivity contribution is -0.385. The van der Waals surface area contributed by atoms with E-state index in [0.717, 1.165) is 18.2 Å². The first-order valence-corrected chi connectivity index (χ1v) is 6.77. The molecule has 0 atom stereocenters. The van der Waals surface area contributed by atoms with E-state index >= 15 is 0 Å². The molecular weight excluding hydrogens is 345 g/mol. The third kappa shape index (κ3) is 2.99. The van der Waals surface area contributed by atoms with Crippen LogP contribution in [-0.2, 0) is 6.54 Å². The molecule has 0 aliphatic rings. The van der Waals surface area contributed by atoms with Crippen molar-refractivity contribution in [3.8, 4) is 0 Å². The fourth-order valence-electron chi connectivity index (χ4n) is 1.99. The van der Waals surface area contributed by atoms with Crippen LogP contribution in [0.3, 0.4) is 0 Å². The van der Waals surface area contributed by atoms with Crippen LogP contribution >= 0.6 is 15.9 Å². The predicted octanol–water partition coefficient (Wildman–Crippen LogP) is 2.72. The van der Waals surface area contributed by atoms with Crippen LogP contribution in [-0.4, -0.2) is 14.5 Å². The summed E-state index contributed by atoms with van der Waals surface area (Å²) in [7, 11) is 0. The van der Waals surface area contributed by atoms with E-state index in [1.807, 2.05) is 0 Å². The zero-order valence-electron chi connectivity index (χ0n) is 11.3. The van der Waals surface area contributed by atoms with E-state index in [2.05, 4.69) is 20.9 Å². The quantitative estimate of drug-likeness (QED) is 0.626. The third-order valence-electron chi connectivity index (χ3n) is 3.10. The topological polar surface area (TPSA) is 78.0 Å². The number of benzene rings is 1. The Morgan fingerprint density at radius 3 is 2.71 bits per heavy atom. The molecule has 2 aromatic rings. The van der Waals surface area contributed by atoms with E-state index in [-0.39, 0.29) is 17.8 Å². The Bertz CT molecular complexity index is 789. The molecule has 6 nitrogen and oxygen atoms in total. The molecule has 0 spiro atoms. The summed E-state index contributed by atoms with van der Waals surface area (Å²) in [5.41, 5.74) is 0.447. The number of aromatic nitrogens is 2. The Hall–Kier alpha value is -2.09. The van der Waals surface area contributed by atoms with Gasteiger partial charge in [-0.05, 0) is 41.9 Å². The molecule has 0 N–H and O–H groups in total. The summed E-state index contributed by atoms with van der Waals surface area (Å²) in [5, 5.41) is 11.0. The van der Waals surface area contributed by atoms with E-state index in [1.165, 1.54) is 4.57 Å². The van der Waals surface area contributed by atoms with E-state index in [9.17, 15) is 19.3 Å². The lowest BCUT2D eigenvalue weighted by atomic mass is 10.1. The molecule has 0 aliphatic carbocycles. The Balaban J connectivity index is 2.58. The van der Waals surface area contributed by atoms with Crippen LogP contribution in [0, 0.1) is 29.8 Å². The summed E-state index contributed by atoms with van der Waals surface area (Å²) in [6, 6.07) is 3.15. The molecule has 0 fully saturated rings. The molecular formula is C13H11BrFN3O3. The van der Waals surface area contributed by atoms with Gasteiger partial charge in [-0.1, -0.05) is 0 Å². The standard InChI is InChI=1S/C13H11BrFN3O3/c1-7-12(14)8(2)17(13(19)16-7)6-9-5-10(15)3-4-11(9)18(20)21/h3-5H,6H2,1-2H3. The van der Waals surface area contributed by atoms with Gasteiger partial charge in [-0.25, -0.2) is 9.18 Å². The van der Waals surface area contributed by atoms with Crippen LogP contribution in [0.25, 0.3) is 0 Å². The molecule has 0 aliphatic heterocycles. The minimum absolute atomic E-state index is 0.114. The van der Waals surface area contributed by atoms with E-state index < -0.39 is 16.4 Å². The highest BCUT2D eigenvalue weighted by molar-refractivity contribution is 9.10. The highest BCUT2D eigenvalue weighted by Crippen LogP contribution is 2.22. The maximum atomic E-state index is 13.3. The minimum atomic E-state index is -0.605. The minimum Gasteiger partial charge on any atom is -0.291 e. The maximum absolute atomic E-state index is 13.3. The Morgan fingerprint density at radius 1 is 1.43 bits per heavy atom. The predicted molar refractivity (Wildman–Crippen MR) is 77.8 cm³/mol. The van der Waals surface area contributed by atoms with Gasteiger partial charge in [-0.3, -0.25) is 14.7 Å². The SMILES string of the molecule is Cc1nc(=O)n(Cc2cc(F)ccc2[N+](=O)[O-])c(C)c1Br. The van der Waals surface area contributed by atoms with Gasteiger partial charge in [0.2, 0.25) is 0 Å². The van der Waals surface area contributed by atoms with Gasteiger partial charge < -0.3 is 0 Å². The summed E-state index contributed by atoms with van der Waals surface area (Å²) in [6.45, 7) is 3.24. The van der Waals surface area contributed by atoms with Gasteiger partial charge in [0.15, 0.2) is 0 Å². The average Bonchev–Trinajstić information content (AvgIpc) is 2.41. The number of aryl methyl sites for hydroxylation is 1. The molecule has 8 heteroatoms. The summed E-state index contributed by atoms with van der Waals surface area (Å²) in [5.74, 6) is -0.597. The summed E-state index contributed by atoms with van der Waals surface area (Å²) in [6.07, 6.45) is 0. The molecule has 1 aromatic carbocycles. The van der Waals surface area contributed by atoms with Crippen LogP contribution in [0.1, 0.15) is 17.0 Å². The van der Waals surface area contributed by atoms with Gasteiger partial charge in [-0.15, -0.1) is 0 Å². The molecule has 0 bridgehead atoms. The molecule has 0 amide bonds. The number of hydrogen-bond donors (Lipinski definition) is 0. The van der Waals surface area contributed by atoms with Gasteiger partial charge in [-0.2, -0.15) is 4.98 Å². The fourth-order valence-corrected chi connectivity index (χ4v) is 2.29. The van der Waals surface area contributed by atoms with Crippen molar-refractivity contribution in [1.29, 1.82) is 0 Å². The van der Waals surface area contributed by atoms with Crippen molar-refractivity contribution in [2.75, 3.05) is 0 Å². The molecule has 110 valence electrons. The van der Waals surface area contributed by atoms with Crippen LogP contribution < -0.4 is 5.69 Å². The summed E-state index contributed by atoms with van der Waals surface area (Å²) < 4.78 is 15.2. The van der Waals surface area contributed by atoms with Gasteiger partial charge in [0, 0.05) is 11.8 Å². The van der Waals surface area contributed by atoms with Gasteiger partial charge in [0.05, 0.1) is 27.2 Å². The Morgan fingerprint density at radius 2 is 2.10 bits per heavy atom. The van der Waals surface area contributed by atoms with Crippen molar-refractivity contribution < 1.29 is 9.31 Å². The fraction of sp³-hybridized carbons (Fsp3) is 0.231. The largest absolute Gasteiger partial charge is 0.348 e. The molecule has 0 saturated heterocycles. The van der Waals surface area contributed by atoms with Gasteiger partial charge in [0.1, 0.15) is 5.82 Å². The Kier molecular flexibility index (Phi) is 4.17. The molecule has 0 unspecified atom stereocenters. The maximum Gasteiger partial charge on any atom is 0.348 e. The smallest absolute Gasteiger partial charge is 0.291 e. The van der Waals surface area contributed by atoms with Crippen LogP contribution in [0.15, 0.2) is 27.5 Å². The second-order valence-electron chi connectivity index (χ2n) is 4.50. The van der Waals surface area contributed by atoms with Crippen molar-refractivity contribution in [3.05, 3.63) is 66.0 Å². The molecule has 0 radical (unpaired) electrons. The highest BCUT2D eigenvalue weighted by atomic mass is 79.9. The first-order chi connectivity index (χ1) is 9.81. The van der Waals surface area contributed by atoms with Crippen LogP contribution in [0.2, 0.25) is 0 Å². The first kappa shape index (κ1) is 15.3. The van der Waals surface area contributed by atoms with Crippen molar-refractivity contribution in [2.45, 2.75) is 20.4 Å². The second-order valence-corrected chi connectivity index (χ2v) is 5.29. The molecule has 1 heterocycles. The molecule has 2 rings (SSSR count). The molecule has 21 heavy (non-hydrogen) atoms. The second kappa shape index (κ2) is 5.72. The lowest BCUT2D eigenvalue weighted by Gasteiger charge is -2.12. The van der Waals surface area contributed by atoms with E-state index in [0.29, 0.717) is 15.9 Å². The average molecular weight is 356 g/mol. The van der Waals surface area contributed by atoms with E-state index in [1.54, 1.807) is 13.8 Å². The molecule has 1 aromatic heterocycles. The Labute approximate surface area is 127 Å². The van der Waals surface area contributed by atoms with Crippen molar-refractivity contribution in [3.63, 3.8) is 0 Å². The number of nitro groups is 1. The van der Waals surface area contributed by atoms with Crippen LogP contribution in [0.4, 0.5) is 10.1 Å². The number of nitrogens with zero attached hydrogens (tertiary/aromatic N) is 3. The highest BCUT2D eigenvalue weighted by Gasteiger charge is 2.17. The number of halogens is 2. The van der Waals surface area contributed by atoms with E-state index in [4.69, 9.17) is 0 Å². The third-order valence-corrected chi connectivity index (χ3v) is 4.25. The van der Waals surface area contributed by atoms with Crippen molar-refractivity contribution in [2.24, 2.45) is 0 Å². The number of nitro benzene ring substituents is 1. The first-order valence-electron chi connectivity index (χ1n) is 5.97. The van der Waals surface area contributed by atoms with Gasteiger partial charge >= 0.3 is 5.69 Å². The zero-order valence-corrected chi connectivity index (χ0v) is 12.8. The van der Waals surface area contributed by atoms with Crippen LogP contribution in [0.5, 0.6) is 0 Å². The monoisotopic (exact) mass is 355 g/mol. The summed E-state index contributed by atoms with van der Waals surface area (Å²) >= 11 is 3.31. The van der Waals surface area contributed by atoms with Gasteiger partial charge in [0.25, 0.3) is 5.69 Å². The normalized spacial score (nSPS) is 10.7. The van der Waals surface area contributed by atoms with Crippen molar-refractivity contribution in [1.82, 2.24) is 9.55 Å². The zero-order chi connectivity index (χ0) is 15.7.